The Kier molecular flexibility index (Phi) is 7.59. The molecule has 0 radical (unpaired) electrons. The topological polar surface area (TPSA) is 79.5 Å². The van der Waals surface area contributed by atoms with Gasteiger partial charge in [0.05, 0.1) is 35.4 Å². The van der Waals surface area contributed by atoms with Crippen LogP contribution in [0.4, 0.5) is 19.0 Å². The van der Waals surface area contributed by atoms with Crippen LogP contribution < -0.4 is 10.6 Å². The van der Waals surface area contributed by atoms with E-state index in [1.807, 2.05) is 0 Å². The number of carbonyl (C=O) groups is 1. The van der Waals surface area contributed by atoms with Crippen LogP contribution in [0.3, 0.4) is 0 Å². The molecule has 4 heterocycles. The molecule has 3 aromatic heterocycles. The average Bonchev–Trinajstić information content (AvgIpc) is 3.51. The van der Waals surface area contributed by atoms with Gasteiger partial charge in [-0.1, -0.05) is 25.2 Å². The van der Waals surface area contributed by atoms with Gasteiger partial charge in [-0.3, -0.25) is 9.48 Å². The summed E-state index contributed by atoms with van der Waals surface area (Å²) >= 11 is -0.204. The van der Waals surface area contributed by atoms with E-state index in [1.165, 1.54) is 23.0 Å². The molecule has 202 valence electrons. The highest BCUT2D eigenvalue weighted by Gasteiger charge is 2.33. The minimum atomic E-state index is -4.49. The standard InChI is InChI=1S/C26H30F3N7OS/c1-3-17-15-34(2)11-8-21(17)33-23-22-13-18(25(38-26(27,28)29)35(22)12-10-30-23)5-4-9-31-24(37)19-14-32-36(16-19)20-6-7-20/h10,12-14,16-17,20-21H,3,6-9,11,15H2,1-2H3,(H,30,33)(H,31,37)/t17-,21-/m1/s1. The highest BCUT2D eigenvalue weighted by Crippen LogP contribution is 2.40. The van der Waals surface area contributed by atoms with Gasteiger partial charge in [-0.15, -0.1) is 0 Å². The van der Waals surface area contributed by atoms with E-state index in [1.54, 1.807) is 16.9 Å². The predicted octanol–water partition coefficient (Wildman–Crippen LogP) is 4.40. The number of fused-ring (bicyclic) bond motifs is 1. The van der Waals surface area contributed by atoms with E-state index in [4.69, 9.17) is 0 Å². The van der Waals surface area contributed by atoms with Gasteiger partial charge in [0.2, 0.25) is 0 Å². The molecule has 3 aromatic rings. The Labute approximate surface area is 223 Å². The van der Waals surface area contributed by atoms with Crippen molar-refractivity contribution in [1.82, 2.24) is 29.4 Å². The molecule has 12 heteroatoms. The molecule has 2 aliphatic rings. The SMILES string of the molecule is CC[C@@H]1CN(C)CC[C@H]1Nc1nccn2c(SC(F)(F)F)c(C#CCNC(=O)c3cnn(C4CC4)c3)cc12. The minimum Gasteiger partial charge on any atom is -0.365 e. The van der Waals surface area contributed by atoms with Crippen LogP contribution in [0.25, 0.3) is 5.52 Å². The van der Waals surface area contributed by atoms with Crippen LogP contribution in [-0.2, 0) is 0 Å². The first-order valence-electron chi connectivity index (χ1n) is 12.7. The van der Waals surface area contributed by atoms with Gasteiger partial charge in [0, 0.05) is 42.9 Å². The first-order chi connectivity index (χ1) is 18.2. The molecule has 0 aromatic carbocycles. The van der Waals surface area contributed by atoms with Gasteiger partial charge in [-0.25, -0.2) is 4.98 Å². The molecule has 2 fully saturated rings. The lowest BCUT2D eigenvalue weighted by Crippen LogP contribution is -2.44. The van der Waals surface area contributed by atoms with E-state index < -0.39 is 5.51 Å². The van der Waals surface area contributed by atoms with Crippen molar-refractivity contribution in [1.29, 1.82) is 0 Å². The van der Waals surface area contributed by atoms with Crippen molar-refractivity contribution in [3.63, 3.8) is 0 Å². The normalized spacial score (nSPS) is 20.2. The zero-order valence-electron chi connectivity index (χ0n) is 21.3. The highest BCUT2D eigenvalue weighted by atomic mass is 32.2. The van der Waals surface area contributed by atoms with Crippen molar-refractivity contribution < 1.29 is 18.0 Å². The number of alkyl halides is 3. The molecule has 1 saturated heterocycles. The smallest absolute Gasteiger partial charge is 0.365 e. The molecule has 1 aliphatic heterocycles. The number of likely N-dealkylation sites (tertiary alicyclic amines) is 1. The number of piperidine rings is 1. The van der Waals surface area contributed by atoms with Crippen molar-refractivity contribution in [2.45, 2.75) is 55.2 Å². The predicted molar refractivity (Wildman–Crippen MR) is 140 cm³/mol. The van der Waals surface area contributed by atoms with E-state index in [0.717, 1.165) is 38.8 Å². The highest BCUT2D eigenvalue weighted by molar-refractivity contribution is 8.00. The molecule has 1 aliphatic carbocycles. The van der Waals surface area contributed by atoms with Gasteiger partial charge in [0.25, 0.3) is 5.91 Å². The molecule has 2 atom stereocenters. The molecule has 2 N–H and O–H groups in total. The third-order valence-corrected chi connectivity index (χ3v) is 7.83. The van der Waals surface area contributed by atoms with Gasteiger partial charge < -0.3 is 19.9 Å². The van der Waals surface area contributed by atoms with E-state index in [2.05, 4.69) is 51.4 Å². The Hall–Kier alpha value is -3.17. The van der Waals surface area contributed by atoms with Gasteiger partial charge in [0.1, 0.15) is 5.03 Å². The molecule has 1 amide bonds. The van der Waals surface area contributed by atoms with Crippen LogP contribution in [0.5, 0.6) is 0 Å². The van der Waals surface area contributed by atoms with Crippen LogP contribution in [-0.4, -0.2) is 68.2 Å². The van der Waals surface area contributed by atoms with Gasteiger partial charge in [-0.2, -0.15) is 18.3 Å². The summed E-state index contributed by atoms with van der Waals surface area (Å²) in [5.41, 5.74) is -3.29. The van der Waals surface area contributed by atoms with E-state index >= 15 is 0 Å². The monoisotopic (exact) mass is 545 g/mol. The summed E-state index contributed by atoms with van der Waals surface area (Å²) in [6.45, 7) is 4.04. The Morgan fingerprint density at radius 3 is 2.84 bits per heavy atom. The lowest BCUT2D eigenvalue weighted by molar-refractivity contribution is -0.0329. The third kappa shape index (κ3) is 6.10. The number of anilines is 1. The number of hydrogen-bond donors (Lipinski definition) is 2. The largest absolute Gasteiger partial charge is 0.447 e. The Morgan fingerprint density at radius 1 is 1.29 bits per heavy atom. The number of aromatic nitrogens is 4. The maximum absolute atomic E-state index is 13.5. The molecule has 5 rings (SSSR count). The number of halogens is 3. The van der Waals surface area contributed by atoms with Crippen LogP contribution in [0.15, 0.2) is 35.9 Å². The van der Waals surface area contributed by atoms with Gasteiger partial charge in [-0.05, 0) is 44.8 Å². The first kappa shape index (κ1) is 26.4. The van der Waals surface area contributed by atoms with E-state index in [9.17, 15) is 18.0 Å². The number of amides is 1. The molecule has 0 bridgehead atoms. The van der Waals surface area contributed by atoms with Crippen molar-refractivity contribution in [3.8, 4) is 11.8 Å². The van der Waals surface area contributed by atoms with Crippen LogP contribution >= 0.6 is 11.8 Å². The number of nitrogens with one attached hydrogen (secondary N) is 2. The quantitative estimate of drug-likeness (QED) is 0.339. The molecule has 8 nitrogen and oxygen atoms in total. The fourth-order valence-corrected chi connectivity index (χ4v) is 5.54. The van der Waals surface area contributed by atoms with Crippen LogP contribution in [0.1, 0.15) is 54.6 Å². The lowest BCUT2D eigenvalue weighted by Gasteiger charge is -2.37. The summed E-state index contributed by atoms with van der Waals surface area (Å²) < 4.78 is 43.7. The van der Waals surface area contributed by atoms with Crippen LogP contribution in [0.2, 0.25) is 0 Å². The first-order valence-corrected chi connectivity index (χ1v) is 13.6. The van der Waals surface area contributed by atoms with Gasteiger partial charge in [0.15, 0.2) is 5.82 Å². The number of carbonyl (C=O) groups excluding carboxylic acids is 1. The number of nitrogens with zero attached hydrogens (tertiary/aromatic N) is 5. The number of hydrogen-bond acceptors (Lipinski definition) is 6. The minimum absolute atomic E-state index is 0.00706. The summed E-state index contributed by atoms with van der Waals surface area (Å²) in [7, 11) is 2.10. The fourth-order valence-electron chi connectivity index (χ4n) is 4.85. The number of rotatable bonds is 7. The van der Waals surface area contributed by atoms with E-state index in [-0.39, 0.29) is 40.8 Å². The summed E-state index contributed by atoms with van der Waals surface area (Å²) in [5.74, 6) is 6.27. The average molecular weight is 546 g/mol. The summed E-state index contributed by atoms with van der Waals surface area (Å²) in [6, 6.07) is 2.18. The molecule has 38 heavy (non-hydrogen) atoms. The molecule has 0 unspecified atom stereocenters. The lowest BCUT2D eigenvalue weighted by atomic mass is 9.90. The second kappa shape index (κ2) is 10.9. The van der Waals surface area contributed by atoms with Gasteiger partial charge >= 0.3 is 5.51 Å². The summed E-state index contributed by atoms with van der Waals surface area (Å²) in [4.78, 5) is 19.2. The summed E-state index contributed by atoms with van der Waals surface area (Å²) in [6.07, 6.45) is 10.3. The Morgan fingerprint density at radius 2 is 2.11 bits per heavy atom. The Balaban J connectivity index is 1.36. The number of thioether (sulfide) groups is 1. The van der Waals surface area contributed by atoms with Crippen molar-refractivity contribution >= 4 is 29.0 Å². The summed E-state index contributed by atoms with van der Waals surface area (Å²) in [5, 5.41) is 10.4. The third-order valence-electron chi connectivity index (χ3n) is 6.99. The van der Waals surface area contributed by atoms with Crippen LogP contribution in [0, 0.1) is 17.8 Å². The zero-order valence-corrected chi connectivity index (χ0v) is 22.1. The second-order valence-corrected chi connectivity index (χ2v) is 10.9. The maximum atomic E-state index is 13.5. The fraction of sp³-hybridized carbons (Fsp3) is 0.500. The molecule has 0 spiro atoms. The zero-order chi connectivity index (χ0) is 26.9. The van der Waals surface area contributed by atoms with E-state index in [0.29, 0.717) is 28.9 Å². The Bertz CT molecular complexity index is 1370. The van der Waals surface area contributed by atoms with Crippen molar-refractivity contribution in [3.05, 3.63) is 42.0 Å². The molecular formula is C26H30F3N7OS. The maximum Gasteiger partial charge on any atom is 0.447 e. The molecule has 1 saturated carbocycles. The molecular weight excluding hydrogens is 515 g/mol. The van der Waals surface area contributed by atoms with Crippen molar-refractivity contribution in [2.75, 3.05) is 32.0 Å². The van der Waals surface area contributed by atoms with Crippen molar-refractivity contribution in [2.24, 2.45) is 5.92 Å². The second-order valence-electron chi connectivity index (χ2n) is 9.84.